The summed E-state index contributed by atoms with van der Waals surface area (Å²) in [6.45, 7) is 4.57. The van der Waals surface area contributed by atoms with E-state index in [2.05, 4.69) is 13.8 Å². The third-order valence-electron chi connectivity index (χ3n) is 6.87. The van der Waals surface area contributed by atoms with Gasteiger partial charge in [0.2, 0.25) is 0 Å². The van der Waals surface area contributed by atoms with Crippen LogP contribution in [0.3, 0.4) is 0 Å². The molecular formula is C30H60O. The highest BCUT2D eigenvalue weighted by Crippen LogP contribution is 2.15. The van der Waals surface area contributed by atoms with Gasteiger partial charge >= 0.3 is 0 Å². The van der Waals surface area contributed by atoms with Gasteiger partial charge in [0.1, 0.15) is 5.78 Å². The third kappa shape index (κ3) is 27.6. The summed E-state index contributed by atoms with van der Waals surface area (Å²) in [5.41, 5.74) is 0. The second kappa shape index (κ2) is 27.7. The van der Waals surface area contributed by atoms with E-state index in [0.29, 0.717) is 5.78 Å². The molecule has 0 aromatic rings. The minimum absolute atomic E-state index is 0.522. The van der Waals surface area contributed by atoms with Gasteiger partial charge in [-0.05, 0) is 12.8 Å². The van der Waals surface area contributed by atoms with Gasteiger partial charge < -0.3 is 0 Å². The second-order valence-electron chi connectivity index (χ2n) is 10.2. The maximum Gasteiger partial charge on any atom is 0.132 e. The molecule has 0 atom stereocenters. The molecule has 0 aromatic heterocycles. The molecule has 1 nitrogen and oxygen atoms in total. The van der Waals surface area contributed by atoms with E-state index in [-0.39, 0.29) is 0 Å². The molecule has 0 spiro atoms. The lowest BCUT2D eigenvalue weighted by Crippen LogP contribution is -1.97. The van der Waals surface area contributed by atoms with Gasteiger partial charge in [-0.15, -0.1) is 0 Å². The van der Waals surface area contributed by atoms with Crippen molar-refractivity contribution < 1.29 is 4.79 Å². The summed E-state index contributed by atoms with van der Waals surface area (Å²) >= 11 is 0. The van der Waals surface area contributed by atoms with E-state index in [1.165, 1.54) is 148 Å². The number of hydrogen-bond acceptors (Lipinski definition) is 1. The number of rotatable bonds is 27. The summed E-state index contributed by atoms with van der Waals surface area (Å²) in [7, 11) is 0. The molecule has 186 valence electrons. The van der Waals surface area contributed by atoms with Crippen LogP contribution in [0.4, 0.5) is 0 Å². The van der Waals surface area contributed by atoms with E-state index in [4.69, 9.17) is 0 Å². The Balaban J connectivity index is 3.12. The smallest absolute Gasteiger partial charge is 0.132 e. The monoisotopic (exact) mass is 436 g/mol. The van der Waals surface area contributed by atoms with Crippen molar-refractivity contribution in [1.82, 2.24) is 0 Å². The molecule has 0 saturated carbocycles. The van der Waals surface area contributed by atoms with E-state index in [1.54, 1.807) is 0 Å². The predicted octanol–water partition coefficient (Wildman–Crippen LogP) is 11.1. The molecule has 0 aromatic carbocycles. The van der Waals surface area contributed by atoms with E-state index in [9.17, 15) is 4.79 Å². The van der Waals surface area contributed by atoms with Crippen molar-refractivity contribution in [2.75, 3.05) is 0 Å². The summed E-state index contributed by atoms with van der Waals surface area (Å²) in [5, 5.41) is 0. The van der Waals surface area contributed by atoms with Gasteiger partial charge in [0.25, 0.3) is 0 Å². The van der Waals surface area contributed by atoms with Gasteiger partial charge in [0, 0.05) is 12.8 Å². The van der Waals surface area contributed by atoms with Crippen molar-refractivity contribution in [3.05, 3.63) is 0 Å². The maximum atomic E-state index is 12.0. The zero-order chi connectivity index (χ0) is 22.7. The van der Waals surface area contributed by atoms with Gasteiger partial charge in [0.05, 0.1) is 0 Å². The molecule has 0 bridgehead atoms. The van der Waals surface area contributed by atoms with E-state index in [1.807, 2.05) is 0 Å². The minimum atomic E-state index is 0.522. The molecule has 0 unspecified atom stereocenters. The topological polar surface area (TPSA) is 17.1 Å². The first-order chi connectivity index (χ1) is 15.3. The zero-order valence-corrected chi connectivity index (χ0v) is 22.0. The highest BCUT2D eigenvalue weighted by molar-refractivity contribution is 5.78. The minimum Gasteiger partial charge on any atom is -0.300 e. The van der Waals surface area contributed by atoms with Crippen LogP contribution in [0.25, 0.3) is 0 Å². The fraction of sp³-hybridized carbons (Fsp3) is 0.967. The molecule has 31 heavy (non-hydrogen) atoms. The average molecular weight is 437 g/mol. The van der Waals surface area contributed by atoms with Crippen molar-refractivity contribution in [1.29, 1.82) is 0 Å². The van der Waals surface area contributed by atoms with E-state index >= 15 is 0 Å². The van der Waals surface area contributed by atoms with Gasteiger partial charge in [-0.25, -0.2) is 0 Å². The molecule has 0 aliphatic rings. The Morgan fingerprint density at radius 3 is 0.742 bits per heavy atom. The highest BCUT2D eigenvalue weighted by Gasteiger charge is 2.02. The standard InChI is InChI=1S/C30H60O/c1-3-5-7-9-11-13-14-15-16-17-18-19-21-23-25-27-29-30(31)28-26-24-22-20-12-10-8-6-4-2/h3-29H2,1-2H3. The van der Waals surface area contributed by atoms with Crippen molar-refractivity contribution in [2.24, 2.45) is 0 Å². The van der Waals surface area contributed by atoms with Crippen molar-refractivity contribution in [3.8, 4) is 0 Å². The lowest BCUT2D eigenvalue weighted by molar-refractivity contribution is -0.119. The van der Waals surface area contributed by atoms with Crippen molar-refractivity contribution >= 4 is 5.78 Å². The first-order valence-corrected chi connectivity index (χ1v) is 14.8. The van der Waals surface area contributed by atoms with Crippen LogP contribution in [0.2, 0.25) is 0 Å². The highest BCUT2D eigenvalue weighted by atomic mass is 16.1. The second-order valence-corrected chi connectivity index (χ2v) is 10.2. The Morgan fingerprint density at radius 2 is 0.516 bits per heavy atom. The number of carbonyl (C=O) groups excluding carboxylic acids is 1. The van der Waals surface area contributed by atoms with Gasteiger partial charge in [0.15, 0.2) is 0 Å². The molecule has 0 saturated heterocycles. The van der Waals surface area contributed by atoms with Gasteiger partial charge in [-0.1, -0.05) is 162 Å². The van der Waals surface area contributed by atoms with Crippen LogP contribution >= 0.6 is 0 Å². The van der Waals surface area contributed by atoms with Gasteiger partial charge in [-0.2, -0.15) is 0 Å². The number of hydrogen-bond donors (Lipinski definition) is 0. The van der Waals surface area contributed by atoms with Gasteiger partial charge in [-0.3, -0.25) is 4.79 Å². The fourth-order valence-electron chi connectivity index (χ4n) is 4.63. The van der Waals surface area contributed by atoms with E-state index in [0.717, 1.165) is 25.7 Å². The summed E-state index contributed by atoms with van der Waals surface area (Å²) in [4.78, 5) is 12.0. The Labute approximate surface area is 197 Å². The molecule has 0 N–H and O–H groups in total. The maximum absolute atomic E-state index is 12.0. The molecule has 0 aliphatic heterocycles. The molecular weight excluding hydrogens is 376 g/mol. The molecule has 0 heterocycles. The third-order valence-corrected chi connectivity index (χ3v) is 6.87. The summed E-state index contributed by atoms with van der Waals surface area (Å²) in [5.74, 6) is 0.522. The molecule has 0 rings (SSSR count). The Kier molecular flexibility index (Phi) is 27.4. The number of carbonyl (C=O) groups is 1. The van der Waals surface area contributed by atoms with Crippen molar-refractivity contribution in [3.63, 3.8) is 0 Å². The molecule has 0 aliphatic carbocycles. The SMILES string of the molecule is CCCCCCCCCCCCCCCCCCC(=O)CCCCCCCCCCC. The summed E-state index contributed by atoms with van der Waals surface area (Å²) in [6.07, 6.45) is 36.1. The zero-order valence-electron chi connectivity index (χ0n) is 22.0. The quantitative estimate of drug-likeness (QED) is 0.117. The first-order valence-electron chi connectivity index (χ1n) is 14.8. The number of unbranched alkanes of at least 4 members (excludes halogenated alkanes) is 23. The summed E-state index contributed by atoms with van der Waals surface area (Å²) in [6, 6.07) is 0. The van der Waals surface area contributed by atoms with Crippen LogP contribution in [-0.4, -0.2) is 5.78 Å². The first kappa shape index (κ1) is 30.7. The molecule has 0 radical (unpaired) electrons. The van der Waals surface area contributed by atoms with E-state index < -0.39 is 0 Å². The van der Waals surface area contributed by atoms with Crippen LogP contribution in [-0.2, 0) is 4.79 Å². The summed E-state index contributed by atoms with van der Waals surface area (Å²) < 4.78 is 0. The molecule has 0 fully saturated rings. The Bertz CT molecular complexity index is 335. The van der Waals surface area contributed by atoms with Crippen LogP contribution in [0.5, 0.6) is 0 Å². The van der Waals surface area contributed by atoms with Crippen LogP contribution in [0, 0.1) is 0 Å². The molecule has 0 amide bonds. The number of ketones is 1. The van der Waals surface area contributed by atoms with Crippen LogP contribution in [0.1, 0.15) is 187 Å². The van der Waals surface area contributed by atoms with Crippen molar-refractivity contribution in [2.45, 2.75) is 187 Å². The molecule has 1 heteroatoms. The largest absolute Gasteiger partial charge is 0.300 e. The van der Waals surface area contributed by atoms with Crippen LogP contribution in [0.15, 0.2) is 0 Å². The Morgan fingerprint density at radius 1 is 0.323 bits per heavy atom. The number of Topliss-reactive ketones (excluding diaryl/α,β-unsaturated/α-hetero) is 1. The lowest BCUT2D eigenvalue weighted by Gasteiger charge is -2.04. The average Bonchev–Trinajstić information content (AvgIpc) is 2.77. The Hall–Kier alpha value is -0.330. The van der Waals surface area contributed by atoms with Crippen LogP contribution < -0.4 is 0 Å². The lowest BCUT2D eigenvalue weighted by atomic mass is 10.0. The fourth-order valence-corrected chi connectivity index (χ4v) is 4.63. The normalized spacial score (nSPS) is 11.3. The predicted molar refractivity (Wildman–Crippen MR) is 141 cm³/mol.